The van der Waals surface area contributed by atoms with Crippen LogP contribution in [0.25, 0.3) is 11.1 Å². The Hall–Kier alpha value is -2.38. The molecule has 0 spiro atoms. The van der Waals surface area contributed by atoms with Crippen molar-refractivity contribution in [2.75, 3.05) is 7.11 Å². The average molecular weight is 360 g/mol. The highest BCUT2D eigenvalue weighted by Crippen LogP contribution is 2.29. The van der Waals surface area contributed by atoms with Crippen molar-refractivity contribution in [1.29, 1.82) is 0 Å². The van der Waals surface area contributed by atoms with E-state index in [4.69, 9.17) is 9.57 Å². The van der Waals surface area contributed by atoms with Crippen LogP contribution in [0.1, 0.15) is 13.8 Å². The van der Waals surface area contributed by atoms with Gasteiger partial charge in [-0.25, -0.2) is 8.42 Å². The van der Waals surface area contributed by atoms with E-state index >= 15 is 0 Å². The van der Waals surface area contributed by atoms with Gasteiger partial charge in [0.25, 0.3) is 0 Å². The van der Waals surface area contributed by atoms with Crippen molar-refractivity contribution >= 4 is 15.7 Å². The maximum absolute atomic E-state index is 12.9. The number of benzene rings is 2. The van der Waals surface area contributed by atoms with E-state index in [2.05, 4.69) is 9.88 Å². The molecule has 132 valence electrons. The number of methoxy groups -OCH3 is 1. The lowest BCUT2D eigenvalue weighted by molar-refractivity contribution is 0.0576. The minimum Gasteiger partial charge on any atom is -0.497 e. The number of hydrogen-bond acceptors (Lipinski definition) is 5. The molecule has 1 heterocycles. The van der Waals surface area contributed by atoms with E-state index in [9.17, 15) is 8.42 Å². The Kier molecular flexibility index (Phi) is 4.78. The largest absolute Gasteiger partial charge is 0.497 e. The van der Waals surface area contributed by atoms with Crippen molar-refractivity contribution < 1.29 is 18.0 Å². The fraction of sp³-hybridized carbons (Fsp3) is 0.278. The Morgan fingerprint density at radius 3 is 2.40 bits per heavy atom. The summed E-state index contributed by atoms with van der Waals surface area (Å²) in [4.78, 5) is 5.39. The molecule has 6 nitrogen and oxygen atoms in total. The van der Waals surface area contributed by atoms with Gasteiger partial charge < -0.3 is 9.57 Å². The van der Waals surface area contributed by atoms with Gasteiger partial charge in [-0.05, 0) is 30.7 Å². The van der Waals surface area contributed by atoms with E-state index in [1.807, 2.05) is 26.0 Å². The summed E-state index contributed by atoms with van der Waals surface area (Å²) >= 11 is 0. The Labute approximate surface area is 147 Å². The van der Waals surface area contributed by atoms with Gasteiger partial charge >= 0.3 is 0 Å². The van der Waals surface area contributed by atoms with Gasteiger partial charge in [-0.2, -0.15) is 4.72 Å². The van der Waals surface area contributed by atoms with Crippen LogP contribution in [0.5, 0.6) is 5.75 Å². The summed E-state index contributed by atoms with van der Waals surface area (Å²) in [6, 6.07) is 14.1. The van der Waals surface area contributed by atoms with E-state index in [0.717, 1.165) is 11.3 Å². The molecule has 0 bridgehead atoms. The molecule has 0 aromatic heterocycles. The highest BCUT2D eigenvalue weighted by molar-refractivity contribution is 7.89. The number of nitrogens with one attached hydrogen (secondary N) is 1. The molecule has 3 rings (SSSR count). The zero-order valence-electron chi connectivity index (χ0n) is 14.3. The summed E-state index contributed by atoms with van der Waals surface area (Å²) in [5.74, 6) is 0.589. The maximum atomic E-state index is 12.9. The molecule has 2 aromatic carbocycles. The first-order chi connectivity index (χ1) is 11.9. The van der Waals surface area contributed by atoms with Gasteiger partial charge in [0.15, 0.2) is 6.23 Å². The third-order valence-corrected chi connectivity index (χ3v) is 5.75. The third-order valence-electron chi connectivity index (χ3n) is 4.27. The summed E-state index contributed by atoms with van der Waals surface area (Å²) in [6.07, 6.45) is -0.700. The van der Waals surface area contributed by atoms with Crippen LogP contribution in [0.2, 0.25) is 0 Å². The van der Waals surface area contributed by atoms with Crippen LogP contribution in [-0.2, 0) is 14.9 Å². The van der Waals surface area contributed by atoms with Gasteiger partial charge in [0, 0.05) is 5.56 Å². The summed E-state index contributed by atoms with van der Waals surface area (Å²) in [7, 11) is -2.19. The lowest BCUT2D eigenvalue weighted by Crippen LogP contribution is -2.39. The van der Waals surface area contributed by atoms with Crippen LogP contribution in [0.3, 0.4) is 0 Å². The van der Waals surface area contributed by atoms with Gasteiger partial charge in [-0.15, -0.1) is 0 Å². The van der Waals surface area contributed by atoms with Crippen LogP contribution in [-0.4, -0.2) is 27.5 Å². The zero-order valence-corrected chi connectivity index (χ0v) is 15.1. The summed E-state index contributed by atoms with van der Waals surface area (Å²) < 4.78 is 33.5. The molecular formula is C18H20N2O4S. The van der Waals surface area contributed by atoms with Gasteiger partial charge in [0.05, 0.1) is 23.6 Å². The molecule has 25 heavy (non-hydrogen) atoms. The predicted octanol–water partition coefficient (Wildman–Crippen LogP) is 3.01. The third kappa shape index (κ3) is 3.52. The van der Waals surface area contributed by atoms with Crippen LogP contribution in [0.15, 0.2) is 58.6 Å². The maximum Gasteiger partial charge on any atom is 0.244 e. The quantitative estimate of drug-likeness (QED) is 0.889. The topological polar surface area (TPSA) is 77.0 Å². The molecule has 2 unspecified atom stereocenters. The Balaban J connectivity index is 1.94. The fourth-order valence-corrected chi connectivity index (χ4v) is 4.00. The number of hydrogen-bond donors (Lipinski definition) is 1. The molecule has 2 aromatic rings. The van der Waals surface area contributed by atoms with Crippen LogP contribution >= 0.6 is 0 Å². The zero-order chi connectivity index (χ0) is 18.0. The first-order valence-electron chi connectivity index (χ1n) is 7.88. The minimum atomic E-state index is -3.77. The second-order valence-corrected chi connectivity index (χ2v) is 7.58. The first kappa shape index (κ1) is 17.4. The molecule has 0 aliphatic carbocycles. The van der Waals surface area contributed by atoms with Crippen molar-refractivity contribution in [3.63, 3.8) is 0 Å². The highest BCUT2D eigenvalue weighted by Gasteiger charge is 2.33. The highest BCUT2D eigenvalue weighted by atomic mass is 32.2. The van der Waals surface area contributed by atoms with E-state index in [1.165, 1.54) is 0 Å². The fourth-order valence-electron chi connectivity index (χ4n) is 2.58. The predicted molar refractivity (Wildman–Crippen MR) is 95.9 cm³/mol. The molecule has 2 atom stereocenters. The monoisotopic (exact) mass is 360 g/mol. The standard InChI is InChI=1S/C18H20N2O4S/c1-12-13(2)19-24-18(12)20-25(21,22)17-7-5-4-6-16(17)14-8-10-15(23-3)11-9-14/h4-12,18,20H,1-3H3. The van der Waals surface area contributed by atoms with Crippen LogP contribution in [0.4, 0.5) is 0 Å². The molecule has 1 aliphatic rings. The van der Waals surface area contributed by atoms with Crippen LogP contribution < -0.4 is 9.46 Å². The minimum absolute atomic E-state index is 0.122. The number of nitrogens with zero attached hydrogens (tertiary/aromatic N) is 1. The first-order valence-corrected chi connectivity index (χ1v) is 9.37. The molecule has 0 radical (unpaired) electrons. The number of ether oxygens (including phenoxy) is 1. The van der Waals surface area contributed by atoms with E-state index in [0.29, 0.717) is 11.3 Å². The molecule has 7 heteroatoms. The van der Waals surface area contributed by atoms with Crippen molar-refractivity contribution in [1.82, 2.24) is 4.72 Å². The molecule has 0 saturated carbocycles. The van der Waals surface area contributed by atoms with Gasteiger partial charge in [-0.1, -0.05) is 42.4 Å². The van der Waals surface area contributed by atoms with E-state index in [1.54, 1.807) is 43.5 Å². The summed E-state index contributed by atoms with van der Waals surface area (Å²) in [5, 5.41) is 3.85. The number of sulfonamides is 1. The summed E-state index contributed by atoms with van der Waals surface area (Å²) in [5.41, 5.74) is 2.16. The number of rotatable bonds is 5. The normalized spacial score (nSPS) is 20.0. The lowest BCUT2D eigenvalue weighted by Gasteiger charge is -2.17. The number of oxime groups is 1. The molecule has 1 aliphatic heterocycles. The molecule has 0 fully saturated rings. The molecule has 0 saturated heterocycles. The Morgan fingerprint density at radius 1 is 1.12 bits per heavy atom. The second kappa shape index (κ2) is 6.85. The lowest BCUT2D eigenvalue weighted by atomic mass is 10.1. The van der Waals surface area contributed by atoms with Gasteiger partial charge in [0.1, 0.15) is 5.75 Å². The van der Waals surface area contributed by atoms with Crippen molar-refractivity contribution in [2.24, 2.45) is 11.1 Å². The van der Waals surface area contributed by atoms with Crippen molar-refractivity contribution in [3.05, 3.63) is 48.5 Å². The second-order valence-electron chi connectivity index (χ2n) is 5.89. The van der Waals surface area contributed by atoms with Gasteiger partial charge in [0.2, 0.25) is 10.0 Å². The van der Waals surface area contributed by atoms with Gasteiger partial charge in [-0.3, -0.25) is 0 Å². The van der Waals surface area contributed by atoms with E-state index < -0.39 is 16.3 Å². The molecular weight excluding hydrogens is 340 g/mol. The Morgan fingerprint density at radius 2 is 1.80 bits per heavy atom. The van der Waals surface area contributed by atoms with Crippen molar-refractivity contribution in [3.8, 4) is 16.9 Å². The molecule has 0 amide bonds. The SMILES string of the molecule is COc1ccc(-c2ccccc2S(=O)(=O)NC2ON=C(C)C2C)cc1. The van der Waals surface area contributed by atoms with Crippen molar-refractivity contribution in [2.45, 2.75) is 25.0 Å². The van der Waals surface area contributed by atoms with E-state index in [-0.39, 0.29) is 10.8 Å². The molecule has 1 N–H and O–H groups in total. The Bertz CT molecular complexity index is 892. The smallest absolute Gasteiger partial charge is 0.244 e. The summed E-state index contributed by atoms with van der Waals surface area (Å²) in [6.45, 7) is 3.68. The average Bonchev–Trinajstić information content (AvgIpc) is 2.93. The van der Waals surface area contributed by atoms with Crippen LogP contribution in [0, 0.1) is 5.92 Å².